The molecule has 2 aromatic rings. The third-order valence-electron chi connectivity index (χ3n) is 7.42. The average molecular weight is 468 g/mol. The maximum Gasteiger partial charge on any atom is 0.202 e. The summed E-state index contributed by atoms with van der Waals surface area (Å²) < 4.78 is 11.9. The summed E-state index contributed by atoms with van der Waals surface area (Å²) in [4.78, 5) is 22.7. The molecule has 0 unspecified atom stereocenters. The molecule has 2 heterocycles. The van der Waals surface area contributed by atoms with E-state index in [-0.39, 0.29) is 11.3 Å². The number of carbonyl (C=O) groups excluding carboxylic acids is 1. The number of benzene rings is 1. The van der Waals surface area contributed by atoms with E-state index in [2.05, 4.69) is 66.8 Å². The van der Waals surface area contributed by atoms with Gasteiger partial charge in [-0.05, 0) is 73.8 Å². The lowest BCUT2D eigenvalue weighted by Gasteiger charge is -2.41. The molecule has 1 aliphatic carbocycles. The van der Waals surface area contributed by atoms with Gasteiger partial charge in [-0.3, -0.25) is 13.9 Å². The third-order valence-corrected chi connectivity index (χ3v) is 8.70. The van der Waals surface area contributed by atoms with Crippen LogP contribution in [0.1, 0.15) is 80.0 Å². The van der Waals surface area contributed by atoms with Crippen LogP contribution >= 0.6 is 0 Å². The minimum Gasteiger partial charge on any atom is -0.340 e. The quantitative estimate of drug-likeness (QED) is 0.605. The molecule has 2 aliphatic rings. The zero-order valence-electron chi connectivity index (χ0n) is 20.7. The smallest absolute Gasteiger partial charge is 0.202 e. The molecule has 1 N–H and O–H groups in total. The maximum absolute atomic E-state index is 13.0. The van der Waals surface area contributed by atoms with Gasteiger partial charge in [0.1, 0.15) is 0 Å². The van der Waals surface area contributed by atoms with Crippen molar-refractivity contribution in [2.75, 3.05) is 24.6 Å². The van der Waals surface area contributed by atoms with Crippen LogP contribution in [0.15, 0.2) is 30.5 Å². The summed E-state index contributed by atoms with van der Waals surface area (Å²) in [6.45, 7) is 12.8. The number of Topliss-reactive ketones (excluding diaryl/α,β-unsaturated/α-hetero) is 1. The summed E-state index contributed by atoms with van der Waals surface area (Å²) in [6, 6.07) is 6.63. The van der Waals surface area contributed by atoms with E-state index < -0.39 is 10.8 Å². The summed E-state index contributed by atoms with van der Waals surface area (Å²) in [5, 5.41) is 0. The van der Waals surface area contributed by atoms with E-state index in [1.54, 1.807) is 6.20 Å². The second-order valence-corrected chi connectivity index (χ2v) is 12.6. The summed E-state index contributed by atoms with van der Waals surface area (Å²) in [7, 11) is -0.692. The summed E-state index contributed by atoms with van der Waals surface area (Å²) in [5.41, 5.74) is 5.94. The van der Waals surface area contributed by atoms with Crippen LogP contribution in [0.25, 0.3) is 5.57 Å². The molecule has 0 atom stereocenters. The van der Waals surface area contributed by atoms with Crippen molar-refractivity contribution >= 4 is 22.2 Å². The van der Waals surface area contributed by atoms with Gasteiger partial charge in [-0.15, -0.1) is 0 Å². The highest BCUT2D eigenvalue weighted by molar-refractivity contribution is 7.85. The molecule has 1 aromatic carbocycles. The zero-order chi connectivity index (χ0) is 23.8. The van der Waals surface area contributed by atoms with E-state index >= 15 is 0 Å². The number of aryl methyl sites for hydroxylation is 1. The number of rotatable bonds is 6. The molecule has 1 aromatic heterocycles. The van der Waals surface area contributed by atoms with E-state index in [9.17, 15) is 9.00 Å². The predicted octanol–water partition coefficient (Wildman–Crippen LogP) is 5.04. The van der Waals surface area contributed by atoms with Gasteiger partial charge in [0, 0.05) is 59.2 Å². The standard InChI is InChI=1S/C27H37N3O2S/c1-19-18-28-25(29-19)24(31)16-21-6-7-22(27(4,5)30-12-14-33(32)15-13-30)17-23(21)20-8-10-26(2,3)11-9-20/h6-8,17-18H,9-16H2,1-5H3,(H,28,29). The van der Waals surface area contributed by atoms with E-state index in [4.69, 9.17) is 0 Å². The molecular formula is C27H37N3O2S. The van der Waals surface area contributed by atoms with Gasteiger partial charge in [-0.1, -0.05) is 32.1 Å². The fraction of sp³-hybridized carbons (Fsp3) is 0.556. The van der Waals surface area contributed by atoms with Crippen molar-refractivity contribution in [3.63, 3.8) is 0 Å². The number of nitrogens with one attached hydrogen (secondary N) is 1. The van der Waals surface area contributed by atoms with Crippen LogP contribution in [-0.4, -0.2) is 49.5 Å². The Morgan fingerprint density at radius 1 is 1.24 bits per heavy atom. The van der Waals surface area contributed by atoms with Crippen molar-refractivity contribution in [3.8, 4) is 0 Å². The first-order valence-corrected chi connectivity index (χ1v) is 13.5. The molecule has 0 saturated carbocycles. The first kappa shape index (κ1) is 24.1. The zero-order valence-corrected chi connectivity index (χ0v) is 21.5. The Morgan fingerprint density at radius 3 is 2.58 bits per heavy atom. The molecule has 178 valence electrons. The van der Waals surface area contributed by atoms with Crippen molar-refractivity contribution in [1.29, 1.82) is 0 Å². The van der Waals surface area contributed by atoms with Crippen molar-refractivity contribution in [2.24, 2.45) is 5.41 Å². The Bertz CT molecular complexity index is 1090. The largest absolute Gasteiger partial charge is 0.340 e. The lowest BCUT2D eigenvalue weighted by Crippen LogP contribution is -2.48. The molecule has 33 heavy (non-hydrogen) atoms. The molecule has 5 nitrogen and oxygen atoms in total. The molecule has 4 rings (SSSR count). The minimum atomic E-state index is -0.692. The van der Waals surface area contributed by atoms with Gasteiger partial charge >= 0.3 is 0 Å². The van der Waals surface area contributed by atoms with Crippen molar-refractivity contribution in [2.45, 2.75) is 65.8 Å². The number of hydrogen-bond donors (Lipinski definition) is 1. The fourth-order valence-electron chi connectivity index (χ4n) is 4.92. The first-order valence-electron chi connectivity index (χ1n) is 12.0. The van der Waals surface area contributed by atoms with Crippen LogP contribution in [0.4, 0.5) is 0 Å². The van der Waals surface area contributed by atoms with Crippen molar-refractivity contribution < 1.29 is 9.00 Å². The second-order valence-electron chi connectivity index (χ2n) is 10.9. The topological polar surface area (TPSA) is 66.1 Å². The number of carbonyl (C=O) groups is 1. The van der Waals surface area contributed by atoms with Gasteiger partial charge in [-0.25, -0.2) is 4.98 Å². The number of imidazole rings is 1. The highest BCUT2D eigenvalue weighted by Gasteiger charge is 2.32. The number of aromatic amines is 1. The number of hydrogen-bond acceptors (Lipinski definition) is 4. The molecule has 0 bridgehead atoms. The number of H-pyrrole nitrogens is 1. The molecular weight excluding hydrogens is 430 g/mol. The van der Waals surface area contributed by atoms with Gasteiger partial charge in [0.15, 0.2) is 5.82 Å². The Kier molecular flexibility index (Phi) is 6.79. The van der Waals surface area contributed by atoms with E-state index in [0.717, 1.165) is 55.1 Å². The number of allylic oxidation sites excluding steroid dienone is 2. The molecule has 6 heteroatoms. The monoisotopic (exact) mass is 467 g/mol. The van der Waals surface area contributed by atoms with Crippen molar-refractivity contribution in [3.05, 3.63) is 58.7 Å². The van der Waals surface area contributed by atoms with E-state index in [1.165, 1.54) is 16.7 Å². The van der Waals surface area contributed by atoms with Gasteiger partial charge in [-0.2, -0.15) is 0 Å². The van der Waals surface area contributed by atoms with E-state index in [0.29, 0.717) is 17.7 Å². The molecule has 1 saturated heterocycles. The predicted molar refractivity (Wildman–Crippen MR) is 136 cm³/mol. The second kappa shape index (κ2) is 9.30. The van der Waals surface area contributed by atoms with Crippen LogP contribution in [0.2, 0.25) is 0 Å². The summed E-state index contributed by atoms with van der Waals surface area (Å²) >= 11 is 0. The van der Waals surface area contributed by atoms with Crippen LogP contribution < -0.4 is 0 Å². The normalized spacial score (nSPS) is 20.0. The SMILES string of the molecule is Cc1cnc(C(=O)Cc2ccc(C(C)(C)N3CCS(=O)CC3)cc2C2=CCC(C)(C)CC2)[nH]1. The number of nitrogens with zero attached hydrogens (tertiary/aromatic N) is 2. The van der Waals surface area contributed by atoms with Gasteiger partial charge in [0.05, 0.1) is 0 Å². The van der Waals surface area contributed by atoms with E-state index in [1.807, 2.05) is 6.92 Å². The molecule has 1 aliphatic heterocycles. The Labute approximate surface area is 200 Å². The molecule has 0 amide bonds. The van der Waals surface area contributed by atoms with Crippen LogP contribution in [0, 0.1) is 12.3 Å². The lowest BCUT2D eigenvalue weighted by molar-refractivity contribution is 0.0983. The van der Waals surface area contributed by atoms with Gasteiger partial charge < -0.3 is 4.98 Å². The highest BCUT2D eigenvalue weighted by Crippen LogP contribution is 2.40. The van der Waals surface area contributed by atoms with Gasteiger partial charge in [0.2, 0.25) is 5.78 Å². The Balaban J connectivity index is 1.68. The summed E-state index contributed by atoms with van der Waals surface area (Å²) in [6.07, 6.45) is 7.66. The Hall–Kier alpha value is -2.05. The molecule has 1 fully saturated rings. The summed E-state index contributed by atoms with van der Waals surface area (Å²) in [5.74, 6) is 1.94. The molecule has 0 radical (unpaired) electrons. The van der Waals surface area contributed by atoms with Crippen LogP contribution in [0.5, 0.6) is 0 Å². The highest BCUT2D eigenvalue weighted by atomic mass is 32.2. The average Bonchev–Trinajstić information content (AvgIpc) is 3.21. The van der Waals surface area contributed by atoms with Crippen LogP contribution in [-0.2, 0) is 22.8 Å². The maximum atomic E-state index is 13.0. The third kappa shape index (κ3) is 5.38. The number of aromatic nitrogens is 2. The van der Waals surface area contributed by atoms with Crippen molar-refractivity contribution in [1.82, 2.24) is 14.9 Å². The number of ketones is 1. The first-order chi connectivity index (χ1) is 15.5. The Morgan fingerprint density at radius 2 is 1.97 bits per heavy atom. The van der Waals surface area contributed by atoms with Gasteiger partial charge in [0.25, 0.3) is 0 Å². The lowest BCUT2D eigenvalue weighted by atomic mass is 9.75. The van der Waals surface area contributed by atoms with Crippen LogP contribution in [0.3, 0.4) is 0 Å². The molecule has 0 spiro atoms. The minimum absolute atomic E-state index is 0.0200. The fourth-order valence-corrected chi connectivity index (χ4v) is 5.97.